The summed E-state index contributed by atoms with van der Waals surface area (Å²) in [6.07, 6.45) is 4.19. The van der Waals surface area contributed by atoms with Crippen LogP contribution in [0.4, 0.5) is 4.79 Å². The quantitative estimate of drug-likeness (QED) is 0.515. The maximum Gasteiger partial charge on any atom is 0.410 e. The van der Waals surface area contributed by atoms with Crippen molar-refractivity contribution in [1.29, 1.82) is 0 Å². The third kappa shape index (κ3) is 7.79. The minimum absolute atomic E-state index is 0.204. The topological polar surface area (TPSA) is 65.1 Å². The predicted molar refractivity (Wildman–Crippen MR) is 107 cm³/mol. The van der Waals surface area contributed by atoms with Crippen LogP contribution in [0.15, 0.2) is 24.3 Å². The molecule has 0 radical (unpaired) electrons. The number of ether oxygens (including phenoxy) is 3. The van der Waals surface area contributed by atoms with Crippen LogP contribution in [-0.2, 0) is 20.7 Å². The number of piperidine rings is 1. The van der Waals surface area contributed by atoms with Crippen LogP contribution in [0.2, 0.25) is 0 Å². The second kappa shape index (κ2) is 10.3. The van der Waals surface area contributed by atoms with Crippen LogP contribution in [0.3, 0.4) is 0 Å². The molecule has 6 heteroatoms. The van der Waals surface area contributed by atoms with Crippen molar-refractivity contribution in [2.45, 2.75) is 58.5 Å². The van der Waals surface area contributed by atoms with E-state index < -0.39 is 5.60 Å². The Kier molecular flexibility index (Phi) is 8.15. The Hall–Kier alpha value is -2.24. The molecule has 0 aromatic heterocycles. The van der Waals surface area contributed by atoms with E-state index in [0.29, 0.717) is 12.5 Å². The van der Waals surface area contributed by atoms with Gasteiger partial charge in [-0.25, -0.2) is 4.79 Å². The lowest BCUT2D eigenvalue weighted by molar-refractivity contribution is -0.139. The van der Waals surface area contributed by atoms with Gasteiger partial charge in [0.25, 0.3) is 0 Å². The second-order valence-electron chi connectivity index (χ2n) is 8.30. The summed E-state index contributed by atoms with van der Waals surface area (Å²) < 4.78 is 15.9. The molecule has 6 nitrogen and oxygen atoms in total. The zero-order valence-electron chi connectivity index (χ0n) is 17.5. The fourth-order valence-corrected chi connectivity index (χ4v) is 3.24. The third-order valence-electron chi connectivity index (χ3n) is 4.79. The molecule has 0 spiro atoms. The van der Waals surface area contributed by atoms with Crippen molar-refractivity contribution in [3.8, 4) is 5.75 Å². The monoisotopic (exact) mass is 391 g/mol. The lowest BCUT2D eigenvalue weighted by Gasteiger charge is -2.33. The Labute approximate surface area is 168 Å². The Bertz CT molecular complexity index is 627. The van der Waals surface area contributed by atoms with E-state index in [2.05, 4.69) is 4.74 Å². The highest BCUT2D eigenvalue weighted by Gasteiger charge is 2.26. The largest absolute Gasteiger partial charge is 0.494 e. The Morgan fingerprint density at radius 1 is 1.11 bits per heavy atom. The van der Waals surface area contributed by atoms with E-state index in [1.54, 1.807) is 0 Å². The summed E-state index contributed by atoms with van der Waals surface area (Å²) in [5.41, 5.74) is 0.471. The van der Waals surface area contributed by atoms with E-state index in [0.717, 1.165) is 50.1 Å². The smallest absolute Gasteiger partial charge is 0.410 e. The van der Waals surface area contributed by atoms with Gasteiger partial charge in [0.15, 0.2) is 0 Å². The molecule has 0 bridgehead atoms. The minimum Gasteiger partial charge on any atom is -0.494 e. The molecule has 1 heterocycles. The van der Waals surface area contributed by atoms with Crippen molar-refractivity contribution < 1.29 is 23.8 Å². The van der Waals surface area contributed by atoms with Crippen LogP contribution < -0.4 is 4.74 Å². The molecular formula is C22H33NO5. The number of esters is 1. The molecule has 0 unspecified atom stereocenters. The number of hydrogen-bond donors (Lipinski definition) is 0. The Balaban J connectivity index is 1.62. The molecule has 28 heavy (non-hydrogen) atoms. The summed E-state index contributed by atoms with van der Waals surface area (Å²) in [5, 5.41) is 0. The van der Waals surface area contributed by atoms with Gasteiger partial charge in [0.05, 0.1) is 20.1 Å². The van der Waals surface area contributed by atoms with E-state index in [9.17, 15) is 9.59 Å². The van der Waals surface area contributed by atoms with E-state index in [-0.39, 0.29) is 18.5 Å². The summed E-state index contributed by atoms with van der Waals surface area (Å²) in [6, 6.07) is 7.55. The summed E-state index contributed by atoms with van der Waals surface area (Å²) in [7, 11) is 1.39. The summed E-state index contributed by atoms with van der Waals surface area (Å²) in [4.78, 5) is 25.2. The highest BCUT2D eigenvalue weighted by atomic mass is 16.6. The molecule has 1 aromatic rings. The molecule has 156 valence electrons. The van der Waals surface area contributed by atoms with E-state index in [4.69, 9.17) is 9.47 Å². The molecule has 1 aliphatic rings. The lowest BCUT2D eigenvalue weighted by Crippen LogP contribution is -2.41. The summed E-state index contributed by atoms with van der Waals surface area (Å²) in [6.45, 7) is 7.88. The van der Waals surface area contributed by atoms with Crippen molar-refractivity contribution in [3.05, 3.63) is 29.8 Å². The number of nitrogens with zero attached hydrogens (tertiary/aromatic N) is 1. The van der Waals surface area contributed by atoms with Crippen molar-refractivity contribution >= 4 is 12.1 Å². The van der Waals surface area contributed by atoms with Gasteiger partial charge in [-0.3, -0.25) is 4.79 Å². The first-order valence-electron chi connectivity index (χ1n) is 10.0. The molecule has 0 atom stereocenters. The number of benzene rings is 1. The van der Waals surface area contributed by atoms with Crippen molar-refractivity contribution in [2.75, 3.05) is 26.8 Å². The zero-order valence-corrected chi connectivity index (χ0v) is 17.5. The number of methoxy groups -OCH3 is 1. The molecule has 0 aliphatic carbocycles. The minimum atomic E-state index is -0.442. The van der Waals surface area contributed by atoms with E-state index in [1.165, 1.54) is 7.11 Å². The van der Waals surface area contributed by atoms with Gasteiger partial charge in [-0.2, -0.15) is 0 Å². The van der Waals surface area contributed by atoms with Gasteiger partial charge < -0.3 is 19.1 Å². The second-order valence-corrected chi connectivity index (χ2v) is 8.30. The van der Waals surface area contributed by atoms with Crippen LogP contribution in [0.1, 0.15) is 52.0 Å². The normalized spacial score (nSPS) is 15.2. The molecule has 0 saturated carbocycles. The first kappa shape index (κ1) is 22.1. The van der Waals surface area contributed by atoms with Gasteiger partial charge in [0.2, 0.25) is 0 Å². The fraction of sp³-hybridized carbons (Fsp3) is 0.636. The van der Waals surface area contributed by atoms with Crippen molar-refractivity contribution in [3.63, 3.8) is 0 Å². The van der Waals surface area contributed by atoms with Gasteiger partial charge in [0, 0.05) is 13.1 Å². The molecule has 0 N–H and O–H groups in total. The van der Waals surface area contributed by atoms with Gasteiger partial charge in [-0.1, -0.05) is 12.1 Å². The molecule has 1 fully saturated rings. The van der Waals surface area contributed by atoms with Crippen LogP contribution in [0.5, 0.6) is 5.75 Å². The van der Waals surface area contributed by atoms with Gasteiger partial charge in [-0.05, 0) is 70.1 Å². The van der Waals surface area contributed by atoms with Crippen LogP contribution >= 0.6 is 0 Å². The van der Waals surface area contributed by atoms with Crippen LogP contribution in [0.25, 0.3) is 0 Å². The SMILES string of the molecule is COC(=O)Cc1ccc(OCCCC2CCN(C(=O)OC(C)(C)C)CC2)cc1. The summed E-state index contributed by atoms with van der Waals surface area (Å²) in [5.74, 6) is 1.20. The maximum absolute atomic E-state index is 12.1. The Morgan fingerprint density at radius 3 is 2.32 bits per heavy atom. The zero-order chi connectivity index (χ0) is 20.6. The number of rotatable bonds is 7. The third-order valence-corrected chi connectivity index (χ3v) is 4.79. The molecule has 1 aliphatic heterocycles. The van der Waals surface area contributed by atoms with E-state index in [1.807, 2.05) is 49.9 Å². The van der Waals surface area contributed by atoms with Crippen molar-refractivity contribution in [1.82, 2.24) is 4.90 Å². The predicted octanol–water partition coefficient (Wildman–Crippen LogP) is 4.21. The fourth-order valence-electron chi connectivity index (χ4n) is 3.24. The van der Waals surface area contributed by atoms with Crippen LogP contribution in [0, 0.1) is 5.92 Å². The van der Waals surface area contributed by atoms with E-state index >= 15 is 0 Å². The number of likely N-dealkylation sites (tertiary alicyclic amines) is 1. The molecule has 2 rings (SSSR count). The Morgan fingerprint density at radius 2 is 1.75 bits per heavy atom. The standard InChI is InChI=1S/C22H33NO5/c1-22(2,3)28-21(25)23-13-11-17(12-14-23)6-5-15-27-19-9-7-18(8-10-19)16-20(24)26-4/h7-10,17H,5-6,11-16H2,1-4H3. The number of hydrogen-bond acceptors (Lipinski definition) is 5. The molecular weight excluding hydrogens is 358 g/mol. The molecule has 1 saturated heterocycles. The molecule has 1 aromatic carbocycles. The van der Waals surface area contributed by atoms with Gasteiger partial charge in [0.1, 0.15) is 11.4 Å². The number of carbonyl (C=O) groups excluding carboxylic acids is 2. The summed E-state index contributed by atoms with van der Waals surface area (Å²) >= 11 is 0. The first-order valence-corrected chi connectivity index (χ1v) is 10.0. The van der Waals surface area contributed by atoms with Crippen LogP contribution in [-0.4, -0.2) is 49.4 Å². The molecule has 1 amide bonds. The highest BCUT2D eigenvalue weighted by molar-refractivity contribution is 5.72. The lowest BCUT2D eigenvalue weighted by atomic mass is 9.92. The maximum atomic E-state index is 12.1. The average molecular weight is 392 g/mol. The highest BCUT2D eigenvalue weighted by Crippen LogP contribution is 2.23. The number of carbonyl (C=O) groups is 2. The van der Waals surface area contributed by atoms with Crippen molar-refractivity contribution in [2.24, 2.45) is 5.92 Å². The number of amides is 1. The first-order chi connectivity index (χ1) is 13.3. The average Bonchev–Trinajstić information content (AvgIpc) is 2.65. The van der Waals surface area contributed by atoms with Gasteiger partial charge >= 0.3 is 12.1 Å². The van der Waals surface area contributed by atoms with Gasteiger partial charge in [-0.15, -0.1) is 0 Å².